The first-order chi connectivity index (χ1) is 11.2. The highest BCUT2D eigenvalue weighted by molar-refractivity contribution is 7.79. The Kier molecular flexibility index (Phi) is 16.7. The predicted octanol–water partition coefficient (Wildman–Crippen LogP) is 0.999. The monoisotopic (exact) mass is 386 g/mol. The van der Waals surface area contributed by atoms with Crippen molar-refractivity contribution in [1.29, 1.82) is 0 Å². The van der Waals surface area contributed by atoms with E-state index in [0.29, 0.717) is 0 Å². The van der Waals surface area contributed by atoms with Crippen LogP contribution in [-0.2, 0) is 15.0 Å². The minimum atomic E-state index is -4.67. The van der Waals surface area contributed by atoms with Crippen LogP contribution in [0.2, 0.25) is 0 Å². The molecule has 0 spiro atoms. The van der Waals surface area contributed by atoms with Crippen molar-refractivity contribution in [2.45, 2.75) is 0 Å². The van der Waals surface area contributed by atoms with Gasteiger partial charge >= 0.3 is 18.7 Å². The smallest absolute Gasteiger partial charge is 0.452 e. The van der Waals surface area contributed by atoms with E-state index in [2.05, 4.69) is 28.2 Å². The minimum Gasteiger partial charge on any atom is -0.452 e. The van der Waals surface area contributed by atoms with Crippen molar-refractivity contribution in [3.63, 3.8) is 0 Å². The molecule has 0 fully saturated rings. The molecule has 4 N–H and O–H groups in total. The van der Waals surface area contributed by atoms with Crippen molar-refractivity contribution in [2.24, 2.45) is 0 Å². The third-order valence-electron chi connectivity index (χ3n) is 1.04. The van der Waals surface area contributed by atoms with Crippen LogP contribution in [0.4, 0.5) is 0 Å². The predicted molar refractivity (Wildman–Crippen MR) is 75.7 cm³/mol. The normalized spacial score (nSPS) is 8.50. The van der Waals surface area contributed by atoms with E-state index in [9.17, 15) is 0 Å². The van der Waals surface area contributed by atoms with Gasteiger partial charge < -0.3 is 13.3 Å². The van der Waals surface area contributed by atoms with Gasteiger partial charge in [-0.05, 0) is 0 Å². The number of aromatic nitrogens is 3. The lowest BCUT2D eigenvalue weighted by molar-refractivity contribution is 0.380. The van der Waals surface area contributed by atoms with Gasteiger partial charge in [0.25, 0.3) is 0 Å². The van der Waals surface area contributed by atoms with Crippen LogP contribution >= 0.6 is 8.25 Å². The van der Waals surface area contributed by atoms with Crippen LogP contribution in [0, 0.1) is 0 Å². The van der Waals surface area contributed by atoms with E-state index in [1.807, 2.05) is 0 Å². The molecule has 0 aliphatic carbocycles. The molecule has 0 saturated carbocycles. The Morgan fingerprint density at radius 3 is 1.00 bits per heavy atom. The van der Waals surface area contributed by atoms with E-state index in [1.54, 1.807) is 18.6 Å². The lowest BCUT2D eigenvalue weighted by atomic mass is 11.0. The van der Waals surface area contributed by atoms with Gasteiger partial charge in [-0.3, -0.25) is 9.11 Å². The van der Waals surface area contributed by atoms with Crippen LogP contribution in [0.1, 0.15) is 0 Å². The molecule has 0 radical (unpaired) electrons. The SMILES string of the molecule is O=S(=O)(O)O.O=[P+](O)O.c1cocn1.c1cocn1.c1cocn1. The molecule has 3 heterocycles. The zero-order valence-electron chi connectivity index (χ0n) is 11.6. The zero-order valence-corrected chi connectivity index (χ0v) is 13.3. The summed E-state index contributed by atoms with van der Waals surface area (Å²) < 4.78 is 53.7. The highest BCUT2D eigenvalue weighted by Crippen LogP contribution is 1.98. The van der Waals surface area contributed by atoms with Crippen molar-refractivity contribution in [3.05, 3.63) is 56.6 Å². The van der Waals surface area contributed by atoms with Crippen molar-refractivity contribution in [1.82, 2.24) is 15.0 Å². The highest BCUT2D eigenvalue weighted by Gasteiger charge is 1.93. The third-order valence-corrected chi connectivity index (χ3v) is 1.04. The summed E-state index contributed by atoms with van der Waals surface area (Å²) in [6.45, 7) is 0. The van der Waals surface area contributed by atoms with Gasteiger partial charge in [0.1, 0.15) is 18.8 Å². The zero-order chi connectivity index (χ0) is 18.7. The second-order valence-corrected chi connectivity index (χ2v) is 4.13. The van der Waals surface area contributed by atoms with Crippen LogP contribution in [0.15, 0.2) is 69.8 Å². The van der Waals surface area contributed by atoms with E-state index >= 15 is 0 Å². The summed E-state index contributed by atoms with van der Waals surface area (Å²) in [5, 5.41) is 0. The average Bonchev–Trinajstić information content (AvgIpc) is 3.24. The topological polar surface area (TPSA) is 210 Å². The molecule has 0 aromatic carbocycles. The minimum absolute atomic E-state index is 1.38. The van der Waals surface area contributed by atoms with E-state index in [0.717, 1.165) is 0 Å². The Morgan fingerprint density at radius 2 is 0.958 bits per heavy atom. The third kappa shape index (κ3) is 42.7. The lowest BCUT2D eigenvalue weighted by Gasteiger charge is -1.68. The Hall–Kier alpha value is -2.48. The van der Waals surface area contributed by atoms with Gasteiger partial charge in [-0.2, -0.15) is 8.42 Å². The van der Waals surface area contributed by atoms with E-state index < -0.39 is 18.7 Å². The van der Waals surface area contributed by atoms with E-state index in [4.69, 9.17) is 31.9 Å². The fourth-order valence-corrected chi connectivity index (χ4v) is 0.527. The molecule has 0 bridgehead atoms. The van der Waals surface area contributed by atoms with Crippen molar-refractivity contribution in [2.75, 3.05) is 0 Å². The second kappa shape index (κ2) is 16.9. The molecular weight excluding hydrogens is 373 g/mol. The molecule has 3 rings (SSSR count). The summed E-state index contributed by atoms with van der Waals surface area (Å²) in [5.74, 6) is 0. The Labute approximate surface area is 136 Å². The molecule has 15 heteroatoms. The largest absolute Gasteiger partial charge is 0.692 e. The quantitative estimate of drug-likeness (QED) is 0.314. The Bertz CT molecular complexity index is 531. The maximum atomic E-state index is 8.74. The number of hydrogen-bond donors (Lipinski definition) is 4. The first-order valence-corrected chi connectivity index (χ1v) is 7.81. The summed E-state index contributed by atoms with van der Waals surface area (Å²) in [6, 6.07) is 0. The lowest BCUT2D eigenvalue weighted by Crippen LogP contribution is -1.89. The summed E-state index contributed by atoms with van der Waals surface area (Å²) in [7, 11) is -7.54. The van der Waals surface area contributed by atoms with E-state index in [1.165, 1.54) is 38.0 Å². The molecule has 134 valence electrons. The fraction of sp³-hybridized carbons (Fsp3) is 0. The molecule has 13 nitrogen and oxygen atoms in total. The van der Waals surface area contributed by atoms with Crippen LogP contribution < -0.4 is 0 Å². The van der Waals surface area contributed by atoms with Gasteiger partial charge in [-0.1, -0.05) is 0 Å². The molecule has 0 atom stereocenters. The Morgan fingerprint density at radius 1 is 0.750 bits per heavy atom. The van der Waals surface area contributed by atoms with Crippen molar-refractivity contribution in [3.8, 4) is 0 Å². The molecule has 0 aliphatic rings. The number of rotatable bonds is 0. The highest BCUT2D eigenvalue weighted by atomic mass is 32.3. The molecular formula is C9H13N3O10PS+. The Balaban J connectivity index is 0. The van der Waals surface area contributed by atoms with Crippen molar-refractivity contribution >= 4 is 18.7 Å². The van der Waals surface area contributed by atoms with Gasteiger partial charge in [0.15, 0.2) is 19.2 Å². The standard InChI is InChI=1S/3C3H3NO.H2O4S.HO3P/c3*1-2-5-3-4-1;1-5(2,3)4;1-4(2)3/h3*1-3H;(H2,1,2,3,4);(H-,1,2,3)/p+1. The van der Waals surface area contributed by atoms with Gasteiger partial charge in [0.05, 0.1) is 18.6 Å². The molecule has 0 amide bonds. The molecule has 3 aromatic rings. The number of nitrogens with zero attached hydrogens (tertiary/aromatic N) is 3. The fourth-order valence-electron chi connectivity index (χ4n) is 0.527. The summed E-state index contributed by atoms with van der Waals surface area (Å²) in [5.41, 5.74) is 0. The van der Waals surface area contributed by atoms with Crippen LogP contribution in [0.5, 0.6) is 0 Å². The summed E-state index contributed by atoms with van der Waals surface area (Å²) >= 11 is 0. The van der Waals surface area contributed by atoms with E-state index in [-0.39, 0.29) is 0 Å². The molecule has 0 aliphatic heterocycles. The number of hydrogen-bond acceptors (Lipinski definition) is 9. The molecule has 3 aromatic heterocycles. The maximum Gasteiger partial charge on any atom is 0.692 e. The first kappa shape index (κ1) is 23.8. The van der Waals surface area contributed by atoms with Crippen LogP contribution in [0.3, 0.4) is 0 Å². The first-order valence-electron chi connectivity index (χ1n) is 5.24. The van der Waals surface area contributed by atoms with Crippen LogP contribution in [0.25, 0.3) is 0 Å². The summed E-state index contributed by atoms with van der Waals surface area (Å²) in [6.07, 6.45) is 13.4. The molecule has 24 heavy (non-hydrogen) atoms. The molecule has 0 unspecified atom stereocenters. The van der Waals surface area contributed by atoms with Gasteiger partial charge in [0, 0.05) is 4.57 Å². The number of oxazole rings is 3. The summed E-state index contributed by atoms with van der Waals surface area (Å²) in [4.78, 5) is 24.9. The van der Waals surface area contributed by atoms with Gasteiger partial charge in [0.2, 0.25) is 0 Å². The molecule has 0 saturated heterocycles. The second-order valence-electron chi connectivity index (χ2n) is 2.73. The van der Waals surface area contributed by atoms with Gasteiger partial charge in [-0.15, -0.1) is 9.79 Å². The van der Waals surface area contributed by atoms with Gasteiger partial charge in [-0.25, -0.2) is 15.0 Å². The van der Waals surface area contributed by atoms with Crippen LogP contribution in [-0.4, -0.2) is 42.3 Å². The average molecular weight is 386 g/mol. The van der Waals surface area contributed by atoms with Crippen molar-refractivity contribution < 1.29 is 45.1 Å². The maximum absolute atomic E-state index is 8.74.